The minimum absolute atomic E-state index is 0.174. The summed E-state index contributed by atoms with van der Waals surface area (Å²) >= 11 is 1.54. The van der Waals surface area contributed by atoms with Crippen LogP contribution in [0.5, 0.6) is 0 Å². The predicted octanol–water partition coefficient (Wildman–Crippen LogP) is 1.25. The zero-order valence-corrected chi connectivity index (χ0v) is 11.5. The highest BCUT2D eigenvalue weighted by Crippen LogP contribution is 2.25. The van der Waals surface area contributed by atoms with Gasteiger partial charge in [0.15, 0.2) is 9.84 Å². The van der Waals surface area contributed by atoms with Gasteiger partial charge in [-0.2, -0.15) is 11.8 Å². The fourth-order valence-electron chi connectivity index (χ4n) is 1.32. The van der Waals surface area contributed by atoms with Crippen molar-refractivity contribution in [1.29, 1.82) is 0 Å². The first-order valence-corrected chi connectivity index (χ1v) is 8.09. The highest BCUT2D eigenvalue weighted by atomic mass is 32.2. The molecule has 0 spiro atoms. The Bertz CT molecular complexity index is 342. The van der Waals surface area contributed by atoms with E-state index in [1.807, 2.05) is 20.8 Å². The number of hydrogen-bond acceptors (Lipinski definition) is 5. The van der Waals surface area contributed by atoms with Crippen LogP contribution in [-0.4, -0.2) is 42.5 Å². The third-order valence-electron chi connectivity index (χ3n) is 1.96. The molecule has 0 atom stereocenters. The minimum Gasteiger partial charge on any atom is -0.460 e. The summed E-state index contributed by atoms with van der Waals surface area (Å²) in [6.07, 6.45) is 0.346. The molecule has 1 rings (SSSR count). The Morgan fingerprint density at radius 3 is 2.38 bits per heavy atom. The zero-order valence-electron chi connectivity index (χ0n) is 9.86. The van der Waals surface area contributed by atoms with Crippen LogP contribution in [0.25, 0.3) is 0 Å². The molecule has 0 aliphatic carbocycles. The molecular weight excluding hydrogens is 248 g/mol. The average Bonchev–Trinajstić information content (AvgIpc) is 1.96. The van der Waals surface area contributed by atoms with Crippen molar-refractivity contribution >= 4 is 27.6 Å². The summed E-state index contributed by atoms with van der Waals surface area (Å²) in [5.41, 5.74) is -0.443. The van der Waals surface area contributed by atoms with Gasteiger partial charge in [0.05, 0.1) is 17.9 Å². The smallest absolute Gasteiger partial charge is 0.307 e. The molecule has 1 saturated heterocycles. The molecule has 0 aromatic rings. The molecule has 6 heteroatoms. The summed E-state index contributed by atoms with van der Waals surface area (Å²) in [4.78, 5) is 11.3. The maximum Gasteiger partial charge on any atom is 0.307 e. The van der Waals surface area contributed by atoms with Crippen molar-refractivity contribution in [3.63, 3.8) is 0 Å². The number of ether oxygens (including phenoxy) is 1. The average molecular weight is 266 g/mol. The molecule has 1 aliphatic heterocycles. The van der Waals surface area contributed by atoms with Crippen molar-refractivity contribution in [2.75, 3.05) is 17.3 Å². The van der Waals surface area contributed by atoms with E-state index in [4.69, 9.17) is 4.74 Å². The summed E-state index contributed by atoms with van der Waals surface area (Å²) in [6.45, 7) is 5.49. The lowest BCUT2D eigenvalue weighted by atomic mass is 10.2. The van der Waals surface area contributed by atoms with Gasteiger partial charge in [-0.3, -0.25) is 4.79 Å². The maximum atomic E-state index is 11.3. The van der Waals surface area contributed by atoms with Crippen molar-refractivity contribution < 1.29 is 17.9 Å². The fourth-order valence-corrected chi connectivity index (χ4v) is 4.98. The van der Waals surface area contributed by atoms with Crippen molar-refractivity contribution in [3.8, 4) is 0 Å². The third kappa shape index (κ3) is 5.21. The molecular formula is C10H18O4S2. The van der Waals surface area contributed by atoms with Crippen molar-refractivity contribution in [2.45, 2.75) is 38.0 Å². The van der Waals surface area contributed by atoms with Gasteiger partial charge in [0, 0.05) is 11.0 Å². The van der Waals surface area contributed by atoms with E-state index < -0.39 is 15.4 Å². The monoisotopic (exact) mass is 266 g/mol. The SMILES string of the molecule is CC(C)(C)OC(=O)CCSC1CS(=O)(=O)C1. The van der Waals surface area contributed by atoms with Crippen LogP contribution in [0.2, 0.25) is 0 Å². The van der Waals surface area contributed by atoms with Crippen LogP contribution >= 0.6 is 11.8 Å². The van der Waals surface area contributed by atoms with Gasteiger partial charge < -0.3 is 4.74 Å². The lowest BCUT2D eigenvalue weighted by Gasteiger charge is -2.25. The molecule has 0 aromatic heterocycles. The van der Waals surface area contributed by atoms with E-state index in [0.717, 1.165) is 0 Å². The fraction of sp³-hybridized carbons (Fsp3) is 0.900. The normalized spacial score (nSPS) is 20.2. The Labute approximate surface area is 101 Å². The molecule has 0 unspecified atom stereocenters. The van der Waals surface area contributed by atoms with Crippen LogP contribution in [0.4, 0.5) is 0 Å². The Kier molecular flexibility index (Phi) is 4.29. The third-order valence-corrected chi connectivity index (χ3v) is 5.45. The molecule has 94 valence electrons. The van der Waals surface area contributed by atoms with E-state index in [0.29, 0.717) is 12.2 Å². The van der Waals surface area contributed by atoms with Gasteiger partial charge in [-0.15, -0.1) is 0 Å². The number of carbonyl (C=O) groups is 1. The zero-order chi connectivity index (χ0) is 12.4. The standard InChI is InChI=1S/C10H18O4S2/c1-10(2,3)14-9(11)4-5-15-8-6-16(12,13)7-8/h8H,4-7H2,1-3H3. The summed E-state index contributed by atoms with van der Waals surface area (Å²) in [5, 5.41) is 0.174. The van der Waals surface area contributed by atoms with E-state index in [9.17, 15) is 13.2 Å². The quantitative estimate of drug-likeness (QED) is 0.717. The Balaban J connectivity index is 2.10. The highest BCUT2D eigenvalue weighted by molar-refractivity contribution is 8.04. The van der Waals surface area contributed by atoms with E-state index in [1.165, 1.54) is 11.8 Å². The second-order valence-corrected chi connectivity index (χ2v) is 8.47. The van der Waals surface area contributed by atoms with Gasteiger partial charge in [0.1, 0.15) is 5.60 Å². The number of rotatable bonds is 4. The van der Waals surface area contributed by atoms with E-state index in [1.54, 1.807) is 0 Å². The van der Waals surface area contributed by atoms with Crippen LogP contribution in [-0.2, 0) is 19.4 Å². The molecule has 1 fully saturated rings. The largest absolute Gasteiger partial charge is 0.460 e. The van der Waals surface area contributed by atoms with Crippen molar-refractivity contribution in [1.82, 2.24) is 0 Å². The summed E-state index contributed by atoms with van der Waals surface area (Å²) < 4.78 is 26.9. The molecule has 1 heterocycles. The molecule has 0 N–H and O–H groups in total. The summed E-state index contributed by atoms with van der Waals surface area (Å²) in [6, 6.07) is 0. The Morgan fingerprint density at radius 1 is 1.38 bits per heavy atom. The van der Waals surface area contributed by atoms with Crippen LogP contribution in [0.3, 0.4) is 0 Å². The van der Waals surface area contributed by atoms with E-state index in [-0.39, 0.29) is 22.7 Å². The van der Waals surface area contributed by atoms with Crippen LogP contribution in [0.1, 0.15) is 27.2 Å². The van der Waals surface area contributed by atoms with Crippen LogP contribution < -0.4 is 0 Å². The van der Waals surface area contributed by atoms with Crippen LogP contribution in [0, 0.1) is 0 Å². The predicted molar refractivity (Wildman–Crippen MR) is 65.4 cm³/mol. The minimum atomic E-state index is -2.75. The van der Waals surface area contributed by atoms with Crippen LogP contribution in [0.15, 0.2) is 0 Å². The van der Waals surface area contributed by atoms with Gasteiger partial charge in [-0.25, -0.2) is 8.42 Å². The van der Waals surface area contributed by atoms with Gasteiger partial charge in [0.25, 0.3) is 0 Å². The Hall–Kier alpha value is -0.230. The first kappa shape index (κ1) is 13.8. The lowest BCUT2D eigenvalue weighted by Crippen LogP contribution is -2.39. The molecule has 0 saturated carbocycles. The molecule has 0 amide bonds. The second-order valence-electron chi connectivity index (χ2n) is 4.91. The van der Waals surface area contributed by atoms with Gasteiger partial charge in [-0.05, 0) is 20.8 Å². The van der Waals surface area contributed by atoms with Gasteiger partial charge in [0.2, 0.25) is 0 Å². The topological polar surface area (TPSA) is 60.4 Å². The number of hydrogen-bond donors (Lipinski definition) is 0. The summed E-state index contributed by atoms with van der Waals surface area (Å²) in [7, 11) is -2.75. The number of sulfone groups is 1. The highest BCUT2D eigenvalue weighted by Gasteiger charge is 2.33. The van der Waals surface area contributed by atoms with Crippen molar-refractivity contribution in [2.24, 2.45) is 0 Å². The lowest BCUT2D eigenvalue weighted by molar-refractivity contribution is -0.154. The first-order chi connectivity index (χ1) is 7.18. The van der Waals surface area contributed by atoms with Crippen molar-refractivity contribution in [3.05, 3.63) is 0 Å². The molecule has 0 radical (unpaired) electrons. The van der Waals surface area contributed by atoms with Gasteiger partial charge >= 0.3 is 5.97 Å². The molecule has 16 heavy (non-hydrogen) atoms. The second kappa shape index (κ2) is 4.96. The van der Waals surface area contributed by atoms with Gasteiger partial charge in [-0.1, -0.05) is 0 Å². The maximum absolute atomic E-state index is 11.3. The first-order valence-electron chi connectivity index (χ1n) is 5.22. The molecule has 1 aliphatic rings. The molecule has 0 aromatic carbocycles. The van der Waals surface area contributed by atoms with E-state index >= 15 is 0 Å². The summed E-state index contributed by atoms with van der Waals surface area (Å²) in [5.74, 6) is 0.926. The number of esters is 1. The molecule has 0 bridgehead atoms. The molecule has 4 nitrogen and oxygen atoms in total. The number of thioether (sulfide) groups is 1. The van der Waals surface area contributed by atoms with E-state index in [2.05, 4.69) is 0 Å². The number of carbonyl (C=O) groups excluding carboxylic acids is 1. The Morgan fingerprint density at radius 2 is 1.94 bits per heavy atom.